The molecule has 1 saturated heterocycles. The molecule has 126 valence electrons. The van der Waals surface area contributed by atoms with Crippen molar-refractivity contribution < 1.29 is 13.2 Å². The number of rotatable bonds is 5. The van der Waals surface area contributed by atoms with Gasteiger partial charge in [-0.1, -0.05) is 12.1 Å². The van der Waals surface area contributed by atoms with Crippen LogP contribution in [-0.4, -0.2) is 42.4 Å². The van der Waals surface area contributed by atoms with Gasteiger partial charge in [-0.2, -0.15) is 9.57 Å². The number of aromatic amines is 1. The van der Waals surface area contributed by atoms with Gasteiger partial charge in [0, 0.05) is 26.0 Å². The number of sulfonamides is 1. The van der Waals surface area contributed by atoms with Crippen LogP contribution in [0.25, 0.3) is 0 Å². The largest absolute Gasteiger partial charge is 0.380 e. The third kappa shape index (κ3) is 3.33. The number of nitrogens with one attached hydrogen (secondary N) is 1. The molecule has 1 aliphatic rings. The predicted octanol–water partition coefficient (Wildman–Crippen LogP) is 1.57. The van der Waals surface area contributed by atoms with Gasteiger partial charge in [0.05, 0.1) is 29.5 Å². The third-order valence-electron chi connectivity index (χ3n) is 4.18. The molecule has 1 N–H and O–H groups in total. The summed E-state index contributed by atoms with van der Waals surface area (Å²) < 4.78 is 32.6. The summed E-state index contributed by atoms with van der Waals surface area (Å²) in [5.41, 5.74) is 1.15. The van der Waals surface area contributed by atoms with Gasteiger partial charge >= 0.3 is 0 Å². The van der Waals surface area contributed by atoms with Gasteiger partial charge in [0.1, 0.15) is 5.82 Å². The molecule has 1 aromatic heterocycles. The predicted molar refractivity (Wildman–Crippen MR) is 87.2 cm³/mol. The highest BCUT2D eigenvalue weighted by molar-refractivity contribution is 7.88. The van der Waals surface area contributed by atoms with E-state index in [2.05, 4.69) is 9.97 Å². The van der Waals surface area contributed by atoms with Crippen LogP contribution in [0.4, 0.5) is 0 Å². The molecule has 1 fully saturated rings. The highest BCUT2D eigenvalue weighted by atomic mass is 32.2. The number of nitrogens with zero attached hydrogens (tertiary/aromatic N) is 3. The summed E-state index contributed by atoms with van der Waals surface area (Å²) in [4.78, 5) is 7.20. The molecule has 2 atom stereocenters. The number of H-pyrrole nitrogens is 1. The molecule has 0 saturated carbocycles. The van der Waals surface area contributed by atoms with Crippen molar-refractivity contribution in [3.05, 3.63) is 53.6 Å². The Morgan fingerprint density at radius 3 is 2.75 bits per heavy atom. The van der Waals surface area contributed by atoms with Crippen molar-refractivity contribution in [1.82, 2.24) is 14.3 Å². The van der Waals surface area contributed by atoms with Crippen LogP contribution in [0.15, 0.2) is 36.7 Å². The van der Waals surface area contributed by atoms with E-state index in [4.69, 9.17) is 10.00 Å². The topological polar surface area (TPSA) is 99.1 Å². The minimum absolute atomic E-state index is 0.119. The number of aromatic nitrogens is 2. The average molecular weight is 346 g/mol. The third-order valence-corrected chi connectivity index (χ3v) is 5.99. The van der Waals surface area contributed by atoms with E-state index in [1.807, 2.05) is 6.07 Å². The fourth-order valence-electron chi connectivity index (χ4n) is 2.92. The normalized spacial score (nSPS) is 21.7. The smallest absolute Gasteiger partial charge is 0.219 e. The fourth-order valence-corrected chi connectivity index (χ4v) is 4.67. The first kappa shape index (κ1) is 16.6. The molecule has 0 spiro atoms. The van der Waals surface area contributed by atoms with Gasteiger partial charge in [0.2, 0.25) is 10.0 Å². The molecular formula is C16H18N4O3S. The Kier molecular flexibility index (Phi) is 4.66. The van der Waals surface area contributed by atoms with E-state index >= 15 is 0 Å². The lowest BCUT2D eigenvalue weighted by Crippen LogP contribution is -2.33. The first-order valence-electron chi connectivity index (χ1n) is 7.54. The summed E-state index contributed by atoms with van der Waals surface area (Å²) in [6.07, 6.45) is 3.70. The molecule has 0 bridgehead atoms. The second kappa shape index (κ2) is 6.73. The number of ether oxygens (including phenoxy) is 1. The van der Waals surface area contributed by atoms with E-state index in [9.17, 15) is 8.42 Å². The van der Waals surface area contributed by atoms with E-state index in [1.54, 1.807) is 43.8 Å². The zero-order valence-corrected chi connectivity index (χ0v) is 14.0. The number of benzene rings is 1. The SMILES string of the molecule is CO[C@@H]1CC(c2ncc[nH]2)N(S(=O)(=O)Cc2ccc(C#N)cc2)C1. The Bertz CT molecular complexity index is 825. The van der Waals surface area contributed by atoms with Crippen molar-refractivity contribution in [3.8, 4) is 6.07 Å². The Balaban J connectivity index is 1.84. The van der Waals surface area contributed by atoms with Gasteiger partial charge in [-0.05, 0) is 24.1 Å². The molecular weight excluding hydrogens is 328 g/mol. The minimum Gasteiger partial charge on any atom is -0.380 e. The molecule has 8 heteroatoms. The lowest BCUT2D eigenvalue weighted by atomic mass is 10.2. The van der Waals surface area contributed by atoms with Gasteiger partial charge < -0.3 is 9.72 Å². The van der Waals surface area contributed by atoms with Crippen molar-refractivity contribution >= 4 is 10.0 Å². The summed E-state index contributed by atoms with van der Waals surface area (Å²) in [5, 5.41) is 8.83. The van der Waals surface area contributed by atoms with Gasteiger partial charge in [-0.3, -0.25) is 0 Å². The summed E-state index contributed by atoms with van der Waals surface area (Å²) in [7, 11) is -1.96. The molecule has 24 heavy (non-hydrogen) atoms. The van der Waals surface area contributed by atoms with Crippen LogP contribution in [0.1, 0.15) is 29.4 Å². The maximum Gasteiger partial charge on any atom is 0.219 e. The first-order valence-corrected chi connectivity index (χ1v) is 9.15. The summed E-state index contributed by atoms with van der Waals surface area (Å²) in [6, 6.07) is 8.25. The highest BCUT2D eigenvalue weighted by Gasteiger charge is 2.41. The van der Waals surface area contributed by atoms with Crippen molar-refractivity contribution in [2.75, 3.05) is 13.7 Å². The molecule has 0 amide bonds. The zero-order valence-electron chi connectivity index (χ0n) is 13.2. The molecule has 7 nitrogen and oxygen atoms in total. The molecule has 2 heterocycles. The molecule has 0 aliphatic carbocycles. The van der Waals surface area contributed by atoms with E-state index in [0.717, 1.165) is 0 Å². The Hall–Kier alpha value is -2.21. The van der Waals surface area contributed by atoms with E-state index in [0.29, 0.717) is 29.9 Å². The number of nitriles is 1. The second-order valence-corrected chi connectivity index (χ2v) is 7.64. The second-order valence-electron chi connectivity index (χ2n) is 5.72. The summed E-state index contributed by atoms with van der Waals surface area (Å²) in [6.45, 7) is 0.306. The standard InChI is InChI=1S/C16H18N4O3S/c1-23-14-8-15(16-18-6-7-19-16)20(10-14)24(21,22)11-13-4-2-12(9-17)3-5-13/h2-7,14-15H,8,10-11H2,1H3,(H,18,19)/t14-,15?/m1/s1. The van der Waals surface area contributed by atoms with Crippen molar-refractivity contribution in [1.29, 1.82) is 5.26 Å². The monoisotopic (exact) mass is 346 g/mol. The maximum atomic E-state index is 12.9. The van der Waals surface area contributed by atoms with Crippen LogP contribution in [0.5, 0.6) is 0 Å². The molecule has 0 radical (unpaired) electrons. The van der Waals surface area contributed by atoms with Crippen molar-refractivity contribution in [3.63, 3.8) is 0 Å². The number of hydrogen-bond acceptors (Lipinski definition) is 5. The Morgan fingerprint density at radius 1 is 1.42 bits per heavy atom. The average Bonchev–Trinajstić information content (AvgIpc) is 3.24. The van der Waals surface area contributed by atoms with Crippen LogP contribution in [0, 0.1) is 11.3 Å². The van der Waals surface area contributed by atoms with Crippen LogP contribution >= 0.6 is 0 Å². The van der Waals surface area contributed by atoms with Crippen LogP contribution < -0.4 is 0 Å². The number of methoxy groups -OCH3 is 1. The van der Waals surface area contributed by atoms with Crippen molar-refractivity contribution in [2.24, 2.45) is 0 Å². The molecule has 1 unspecified atom stereocenters. The molecule has 1 aliphatic heterocycles. The molecule has 1 aromatic carbocycles. The number of imidazole rings is 1. The van der Waals surface area contributed by atoms with Crippen LogP contribution in [0.3, 0.4) is 0 Å². The fraction of sp³-hybridized carbons (Fsp3) is 0.375. The maximum absolute atomic E-state index is 12.9. The Morgan fingerprint density at radius 2 is 2.17 bits per heavy atom. The van der Waals surface area contributed by atoms with E-state index in [1.165, 1.54) is 4.31 Å². The van der Waals surface area contributed by atoms with Gasteiger partial charge in [-0.15, -0.1) is 0 Å². The van der Waals surface area contributed by atoms with Gasteiger partial charge in [0.25, 0.3) is 0 Å². The van der Waals surface area contributed by atoms with Crippen LogP contribution in [0.2, 0.25) is 0 Å². The van der Waals surface area contributed by atoms with E-state index in [-0.39, 0.29) is 17.9 Å². The Labute approximate surface area is 140 Å². The summed E-state index contributed by atoms with van der Waals surface area (Å²) >= 11 is 0. The minimum atomic E-state index is -3.54. The quantitative estimate of drug-likeness (QED) is 0.886. The zero-order chi connectivity index (χ0) is 17.2. The highest BCUT2D eigenvalue weighted by Crippen LogP contribution is 2.34. The molecule has 3 rings (SSSR count). The van der Waals surface area contributed by atoms with Crippen LogP contribution in [-0.2, 0) is 20.5 Å². The molecule has 2 aromatic rings. The first-order chi connectivity index (χ1) is 11.5. The van der Waals surface area contributed by atoms with Gasteiger partial charge in [0.15, 0.2) is 0 Å². The lowest BCUT2D eigenvalue weighted by Gasteiger charge is -2.22. The van der Waals surface area contributed by atoms with Gasteiger partial charge in [-0.25, -0.2) is 13.4 Å². The summed E-state index contributed by atoms with van der Waals surface area (Å²) in [5.74, 6) is 0.504. The number of hydrogen-bond donors (Lipinski definition) is 1. The lowest BCUT2D eigenvalue weighted by molar-refractivity contribution is 0.114. The van der Waals surface area contributed by atoms with Crippen molar-refractivity contribution in [2.45, 2.75) is 24.3 Å². The van der Waals surface area contributed by atoms with E-state index < -0.39 is 10.0 Å².